The van der Waals surface area contributed by atoms with E-state index in [1.807, 2.05) is 4.72 Å². The number of hydrogen-bond donors (Lipinski definition) is 3. The van der Waals surface area contributed by atoms with Crippen LogP contribution in [0.15, 0.2) is 29.2 Å². The first-order valence-corrected chi connectivity index (χ1v) is 7.60. The first-order valence-electron chi connectivity index (χ1n) is 6.12. The second kappa shape index (κ2) is 6.44. The zero-order valence-electron chi connectivity index (χ0n) is 11.2. The van der Waals surface area contributed by atoms with Crippen LogP contribution in [0.25, 0.3) is 0 Å². The smallest absolute Gasteiger partial charge is 0.386 e. The fourth-order valence-corrected chi connectivity index (χ4v) is 3.23. The predicted octanol–water partition coefficient (Wildman–Crippen LogP) is 2.09. The van der Waals surface area contributed by atoms with E-state index in [1.54, 1.807) is 6.92 Å². The lowest BCUT2D eigenvalue weighted by Gasteiger charge is -2.19. The fraction of sp³-hybridized carbons (Fsp3) is 0.417. The molecule has 0 bridgehead atoms. The van der Waals surface area contributed by atoms with E-state index >= 15 is 0 Å². The quantitative estimate of drug-likeness (QED) is 0.552. The van der Waals surface area contributed by atoms with Crippen LogP contribution in [0.4, 0.5) is 13.2 Å². The second-order valence-electron chi connectivity index (χ2n) is 4.41. The van der Waals surface area contributed by atoms with Crippen LogP contribution in [-0.2, 0) is 16.2 Å². The Bertz CT molecular complexity index is 614. The molecule has 1 rings (SSSR count). The van der Waals surface area contributed by atoms with Gasteiger partial charge in [0.2, 0.25) is 10.0 Å². The number of nitrogens with two attached hydrogens (primary N) is 1. The average molecular weight is 323 g/mol. The minimum atomic E-state index is -4.79. The van der Waals surface area contributed by atoms with E-state index in [9.17, 15) is 21.6 Å². The van der Waals surface area contributed by atoms with Crippen molar-refractivity contribution < 1.29 is 21.6 Å². The minimum absolute atomic E-state index is 0.225. The van der Waals surface area contributed by atoms with Crippen LogP contribution in [-0.4, -0.2) is 20.3 Å². The van der Waals surface area contributed by atoms with E-state index in [1.165, 1.54) is 6.07 Å². The van der Waals surface area contributed by atoms with E-state index in [0.29, 0.717) is 12.5 Å². The first kappa shape index (κ1) is 17.4. The molecule has 0 aliphatic carbocycles. The maximum Gasteiger partial charge on any atom is 0.417 e. The van der Waals surface area contributed by atoms with Crippen molar-refractivity contribution in [3.05, 3.63) is 29.8 Å². The molecule has 4 N–H and O–H groups in total. The molecule has 1 aromatic rings. The molecule has 0 spiro atoms. The van der Waals surface area contributed by atoms with Gasteiger partial charge < -0.3 is 5.73 Å². The highest BCUT2D eigenvalue weighted by Gasteiger charge is 2.37. The Kier molecular flexibility index (Phi) is 5.35. The number of nitrogens with one attached hydrogen (secondary N) is 2. The summed E-state index contributed by atoms with van der Waals surface area (Å²) in [7, 11) is -4.43. The summed E-state index contributed by atoms with van der Waals surface area (Å²) in [5, 5.41) is 7.30. The second-order valence-corrected chi connectivity index (χ2v) is 6.09. The first-order chi connectivity index (χ1) is 9.59. The SMILES string of the molecule is CCCC(NS(=O)(=O)c1ccccc1C(F)(F)F)C(=N)N. The van der Waals surface area contributed by atoms with Crippen LogP contribution in [0.3, 0.4) is 0 Å². The van der Waals surface area contributed by atoms with Crippen molar-refractivity contribution >= 4 is 15.9 Å². The molecule has 1 unspecified atom stereocenters. The zero-order valence-corrected chi connectivity index (χ0v) is 12.1. The third-order valence-electron chi connectivity index (χ3n) is 2.73. The van der Waals surface area contributed by atoms with Crippen molar-refractivity contribution in [1.29, 1.82) is 5.41 Å². The monoisotopic (exact) mass is 323 g/mol. The molecule has 0 saturated heterocycles. The molecule has 0 saturated carbocycles. The van der Waals surface area contributed by atoms with Crippen molar-refractivity contribution in [1.82, 2.24) is 4.72 Å². The van der Waals surface area contributed by atoms with E-state index < -0.39 is 38.5 Å². The molecule has 0 aromatic heterocycles. The van der Waals surface area contributed by atoms with Gasteiger partial charge in [-0.15, -0.1) is 0 Å². The summed E-state index contributed by atoms with van der Waals surface area (Å²) in [6, 6.07) is 2.84. The van der Waals surface area contributed by atoms with E-state index in [2.05, 4.69) is 0 Å². The third kappa shape index (κ3) is 4.43. The van der Waals surface area contributed by atoms with Crippen LogP contribution >= 0.6 is 0 Å². The average Bonchev–Trinajstić information content (AvgIpc) is 2.37. The molecule has 5 nitrogen and oxygen atoms in total. The van der Waals surface area contributed by atoms with Gasteiger partial charge in [-0.2, -0.15) is 13.2 Å². The highest BCUT2D eigenvalue weighted by Crippen LogP contribution is 2.33. The molecule has 0 amide bonds. The largest absolute Gasteiger partial charge is 0.417 e. The topological polar surface area (TPSA) is 96.0 Å². The van der Waals surface area contributed by atoms with Gasteiger partial charge in [-0.25, -0.2) is 13.1 Å². The van der Waals surface area contributed by atoms with E-state index in [4.69, 9.17) is 11.1 Å². The van der Waals surface area contributed by atoms with Crippen LogP contribution in [0, 0.1) is 5.41 Å². The lowest BCUT2D eigenvalue weighted by atomic mass is 10.2. The van der Waals surface area contributed by atoms with Crippen molar-refractivity contribution in [2.24, 2.45) is 5.73 Å². The van der Waals surface area contributed by atoms with Crippen molar-refractivity contribution in [2.75, 3.05) is 0 Å². The molecule has 9 heteroatoms. The van der Waals surface area contributed by atoms with Crippen molar-refractivity contribution in [3.8, 4) is 0 Å². The summed E-state index contributed by atoms with van der Waals surface area (Å²) in [4.78, 5) is -0.875. The summed E-state index contributed by atoms with van der Waals surface area (Å²) >= 11 is 0. The number of benzene rings is 1. The standard InChI is InChI=1S/C12H16F3N3O2S/c1-2-5-9(11(16)17)18-21(19,20)10-7-4-3-6-8(10)12(13,14)15/h3-4,6-7,9,18H,2,5H2,1H3,(H3,16,17). The van der Waals surface area contributed by atoms with Crippen molar-refractivity contribution in [2.45, 2.75) is 36.9 Å². The third-order valence-corrected chi connectivity index (χ3v) is 4.26. The Morgan fingerprint density at radius 2 is 1.95 bits per heavy atom. The highest BCUT2D eigenvalue weighted by atomic mass is 32.2. The zero-order chi connectivity index (χ0) is 16.3. The minimum Gasteiger partial charge on any atom is -0.386 e. The van der Waals surface area contributed by atoms with Crippen molar-refractivity contribution in [3.63, 3.8) is 0 Å². The van der Waals surface area contributed by atoms with Gasteiger partial charge in [0.15, 0.2) is 0 Å². The number of alkyl halides is 3. The number of sulfonamides is 1. The maximum atomic E-state index is 12.9. The molecule has 1 atom stereocenters. The van der Waals surface area contributed by atoms with Gasteiger partial charge in [0.25, 0.3) is 0 Å². The Balaban J connectivity index is 3.23. The molecule has 0 fully saturated rings. The van der Waals surface area contributed by atoms with E-state index in [-0.39, 0.29) is 6.42 Å². The summed E-state index contributed by atoms with van der Waals surface area (Å²) in [5.41, 5.74) is 4.01. The fourth-order valence-electron chi connectivity index (χ4n) is 1.75. The predicted molar refractivity (Wildman–Crippen MR) is 72.4 cm³/mol. The lowest BCUT2D eigenvalue weighted by Crippen LogP contribution is -2.44. The Labute approximate surface area is 120 Å². The molecule has 0 aliphatic heterocycles. The van der Waals surface area contributed by atoms with Gasteiger partial charge in [0, 0.05) is 0 Å². The normalized spacial score (nSPS) is 13.9. The van der Waals surface area contributed by atoms with Crippen LogP contribution in [0.2, 0.25) is 0 Å². The molecular formula is C12H16F3N3O2S. The van der Waals surface area contributed by atoms with Gasteiger partial charge >= 0.3 is 6.18 Å². The summed E-state index contributed by atoms with van der Waals surface area (Å²) < 4.78 is 64.9. The molecule has 0 heterocycles. The Morgan fingerprint density at radius 3 is 2.43 bits per heavy atom. The van der Waals surface area contributed by atoms with Crippen LogP contribution in [0.1, 0.15) is 25.3 Å². The summed E-state index contributed by atoms with van der Waals surface area (Å²) in [5.74, 6) is -0.440. The van der Waals surface area contributed by atoms with Gasteiger partial charge in [0.1, 0.15) is 5.84 Å². The molecule has 0 aliphatic rings. The molecule has 118 valence electrons. The number of amidine groups is 1. The van der Waals surface area contributed by atoms with Gasteiger partial charge in [-0.1, -0.05) is 25.5 Å². The Hall–Kier alpha value is -1.61. The van der Waals surface area contributed by atoms with Crippen LogP contribution in [0.5, 0.6) is 0 Å². The number of hydrogen-bond acceptors (Lipinski definition) is 3. The number of halogens is 3. The highest BCUT2D eigenvalue weighted by molar-refractivity contribution is 7.89. The summed E-state index contributed by atoms with van der Waals surface area (Å²) in [6.45, 7) is 1.74. The molecule has 0 radical (unpaired) electrons. The van der Waals surface area contributed by atoms with Gasteiger partial charge in [-0.3, -0.25) is 5.41 Å². The molecule has 1 aromatic carbocycles. The van der Waals surface area contributed by atoms with Gasteiger partial charge in [-0.05, 0) is 18.6 Å². The maximum absolute atomic E-state index is 12.9. The van der Waals surface area contributed by atoms with E-state index in [0.717, 1.165) is 12.1 Å². The molecule has 21 heavy (non-hydrogen) atoms. The van der Waals surface area contributed by atoms with Gasteiger partial charge in [0.05, 0.1) is 16.5 Å². The summed E-state index contributed by atoms with van der Waals surface area (Å²) in [6.07, 6.45) is -4.04. The number of rotatable bonds is 6. The Morgan fingerprint density at radius 1 is 1.38 bits per heavy atom. The lowest BCUT2D eigenvalue weighted by molar-refractivity contribution is -0.139. The van der Waals surface area contributed by atoms with Crippen LogP contribution < -0.4 is 10.5 Å². The molecular weight excluding hydrogens is 307 g/mol.